The molecule has 0 radical (unpaired) electrons. The molecule has 4 rings (SSSR count). The van der Waals surface area contributed by atoms with Gasteiger partial charge in [-0.25, -0.2) is 0 Å². The van der Waals surface area contributed by atoms with Crippen molar-refractivity contribution >= 4 is 29.0 Å². The van der Waals surface area contributed by atoms with Crippen molar-refractivity contribution < 1.29 is 9.21 Å². The van der Waals surface area contributed by atoms with E-state index in [4.69, 9.17) is 4.42 Å². The van der Waals surface area contributed by atoms with Crippen LogP contribution in [0.4, 0.5) is 11.4 Å². The lowest BCUT2D eigenvalue weighted by Crippen LogP contribution is -2.32. The standard InChI is InChI=1S/C21H23N5O2S/c1-15-8-11-26(12-9-15)18-6-4-17(5-7-18)23-19(27)14-29-21-25-24-20(28-21)16-3-2-10-22-13-16/h2-7,10,13,15H,8-9,11-12,14H2,1H3,(H,23,27). The summed E-state index contributed by atoms with van der Waals surface area (Å²) in [7, 11) is 0. The van der Waals surface area contributed by atoms with E-state index in [9.17, 15) is 4.79 Å². The van der Waals surface area contributed by atoms with E-state index in [2.05, 4.69) is 44.5 Å². The zero-order chi connectivity index (χ0) is 20.1. The van der Waals surface area contributed by atoms with Gasteiger partial charge in [0.25, 0.3) is 5.22 Å². The minimum absolute atomic E-state index is 0.115. The highest BCUT2D eigenvalue weighted by atomic mass is 32.2. The Morgan fingerprint density at radius 3 is 2.72 bits per heavy atom. The first-order valence-electron chi connectivity index (χ1n) is 9.69. The number of benzene rings is 1. The van der Waals surface area contributed by atoms with Crippen molar-refractivity contribution in [3.05, 3.63) is 48.8 Å². The maximum absolute atomic E-state index is 12.2. The maximum atomic E-state index is 12.2. The number of nitrogens with zero attached hydrogens (tertiary/aromatic N) is 4. The topological polar surface area (TPSA) is 84.2 Å². The van der Waals surface area contributed by atoms with Gasteiger partial charge in [0, 0.05) is 36.9 Å². The number of hydrogen-bond acceptors (Lipinski definition) is 7. The van der Waals surface area contributed by atoms with Gasteiger partial charge in [0.2, 0.25) is 11.8 Å². The number of rotatable bonds is 6. The molecule has 1 aromatic carbocycles. The fourth-order valence-corrected chi connectivity index (χ4v) is 3.78. The summed E-state index contributed by atoms with van der Waals surface area (Å²) in [5, 5.41) is 11.2. The van der Waals surface area contributed by atoms with Gasteiger partial charge >= 0.3 is 0 Å². The SMILES string of the molecule is CC1CCN(c2ccc(NC(=O)CSc3nnc(-c4cccnc4)o3)cc2)CC1. The van der Waals surface area contributed by atoms with Crippen molar-refractivity contribution in [2.75, 3.05) is 29.1 Å². The summed E-state index contributed by atoms with van der Waals surface area (Å²) in [6, 6.07) is 11.7. The molecule has 0 spiro atoms. The van der Waals surface area contributed by atoms with Gasteiger partial charge in [-0.2, -0.15) is 0 Å². The summed E-state index contributed by atoms with van der Waals surface area (Å²) >= 11 is 1.21. The van der Waals surface area contributed by atoms with Crippen molar-refractivity contribution in [2.45, 2.75) is 25.0 Å². The Balaban J connectivity index is 1.27. The Morgan fingerprint density at radius 1 is 1.21 bits per heavy atom. The summed E-state index contributed by atoms with van der Waals surface area (Å²) < 4.78 is 5.58. The van der Waals surface area contributed by atoms with Crippen molar-refractivity contribution in [2.24, 2.45) is 5.92 Å². The molecule has 3 aromatic rings. The fraction of sp³-hybridized carbons (Fsp3) is 0.333. The van der Waals surface area contributed by atoms with Crippen LogP contribution in [0.1, 0.15) is 19.8 Å². The van der Waals surface area contributed by atoms with Crippen LogP contribution in [0.2, 0.25) is 0 Å². The summed E-state index contributed by atoms with van der Waals surface area (Å²) in [5.41, 5.74) is 2.74. The largest absolute Gasteiger partial charge is 0.411 e. The Hall–Kier alpha value is -2.87. The molecular weight excluding hydrogens is 386 g/mol. The highest BCUT2D eigenvalue weighted by Gasteiger charge is 2.16. The van der Waals surface area contributed by atoms with Crippen LogP contribution >= 0.6 is 11.8 Å². The molecule has 0 bridgehead atoms. The molecule has 1 fully saturated rings. The van der Waals surface area contributed by atoms with Gasteiger partial charge in [0.1, 0.15) is 0 Å². The van der Waals surface area contributed by atoms with E-state index in [0.29, 0.717) is 11.1 Å². The predicted octanol–water partition coefficient (Wildman–Crippen LogP) is 4.10. The molecule has 150 valence electrons. The quantitative estimate of drug-likeness (QED) is 0.614. The molecule has 1 aliphatic heterocycles. The molecule has 1 aliphatic rings. The first-order valence-corrected chi connectivity index (χ1v) is 10.7. The molecule has 0 unspecified atom stereocenters. The number of thioether (sulfide) groups is 1. The summed E-state index contributed by atoms with van der Waals surface area (Å²) in [6.45, 7) is 4.49. The van der Waals surface area contributed by atoms with Gasteiger partial charge in [-0.15, -0.1) is 10.2 Å². The van der Waals surface area contributed by atoms with E-state index in [1.165, 1.54) is 30.3 Å². The maximum Gasteiger partial charge on any atom is 0.277 e. The third kappa shape index (κ3) is 5.14. The van der Waals surface area contributed by atoms with Crippen LogP contribution in [0.3, 0.4) is 0 Å². The second kappa shape index (κ2) is 9.09. The van der Waals surface area contributed by atoms with Crippen LogP contribution < -0.4 is 10.2 Å². The number of pyridine rings is 1. The van der Waals surface area contributed by atoms with Gasteiger partial charge in [0.15, 0.2) is 0 Å². The Morgan fingerprint density at radius 2 is 2.00 bits per heavy atom. The lowest BCUT2D eigenvalue weighted by molar-refractivity contribution is -0.113. The minimum atomic E-state index is -0.115. The molecule has 0 aliphatic carbocycles. The number of carbonyl (C=O) groups is 1. The molecule has 0 saturated carbocycles. The minimum Gasteiger partial charge on any atom is -0.411 e. The van der Waals surface area contributed by atoms with Crippen molar-refractivity contribution in [3.63, 3.8) is 0 Å². The monoisotopic (exact) mass is 409 g/mol. The van der Waals surface area contributed by atoms with E-state index in [1.54, 1.807) is 18.5 Å². The predicted molar refractivity (Wildman–Crippen MR) is 114 cm³/mol. The molecule has 8 heteroatoms. The average molecular weight is 410 g/mol. The van der Waals surface area contributed by atoms with Crippen molar-refractivity contribution in [1.82, 2.24) is 15.2 Å². The van der Waals surface area contributed by atoms with Crippen molar-refractivity contribution in [3.8, 4) is 11.5 Å². The Kier molecular flexibility index (Phi) is 6.09. The normalized spacial score (nSPS) is 14.7. The summed E-state index contributed by atoms with van der Waals surface area (Å²) in [6.07, 6.45) is 5.80. The van der Waals surface area contributed by atoms with Crippen LogP contribution in [-0.2, 0) is 4.79 Å². The molecule has 2 aromatic heterocycles. The van der Waals surface area contributed by atoms with Crippen LogP contribution in [0.25, 0.3) is 11.5 Å². The average Bonchev–Trinajstić information content (AvgIpc) is 3.23. The van der Waals surface area contributed by atoms with E-state index in [1.807, 2.05) is 18.2 Å². The second-order valence-electron chi connectivity index (χ2n) is 7.17. The lowest BCUT2D eigenvalue weighted by Gasteiger charge is -2.32. The van der Waals surface area contributed by atoms with Gasteiger partial charge in [-0.1, -0.05) is 18.7 Å². The molecule has 1 saturated heterocycles. The van der Waals surface area contributed by atoms with Gasteiger partial charge in [0.05, 0.1) is 11.3 Å². The molecular formula is C21H23N5O2S. The Bertz CT molecular complexity index is 937. The highest BCUT2D eigenvalue weighted by Crippen LogP contribution is 2.25. The zero-order valence-corrected chi connectivity index (χ0v) is 17.1. The number of aromatic nitrogens is 3. The number of piperidine rings is 1. The molecule has 1 N–H and O–H groups in total. The number of anilines is 2. The van der Waals surface area contributed by atoms with E-state index in [-0.39, 0.29) is 11.7 Å². The van der Waals surface area contributed by atoms with Gasteiger partial charge in [-0.3, -0.25) is 9.78 Å². The summed E-state index contributed by atoms with van der Waals surface area (Å²) in [4.78, 5) is 18.7. The zero-order valence-electron chi connectivity index (χ0n) is 16.2. The van der Waals surface area contributed by atoms with Crippen LogP contribution in [0.15, 0.2) is 58.4 Å². The molecule has 3 heterocycles. The van der Waals surface area contributed by atoms with Crippen LogP contribution in [-0.4, -0.2) is 39.9 Å². The molecule has 1 amide bonds. The van der Waals surface area contributed by atoms with Crippen LogP contribution in [0, 0.1) is 5.92 Å². The highest BCUT2D eigenvalue weighted by molar-refractivity contribution is 7.99. The van der Waals surface area contributed by atoms with Crippen molar-refractivity contribution in [1.29, 1.82) is 0 Å². The Labute approximate surface area is 173 Å². The van der Waals surface area contributed by atoms with E-state index in [0.717, 1.165) is 30.3 Å². The lowest BCUT2D eigenvalue weighted by atomic mass is 9.99. The summed E-state index contributed by atoms with van der Waals surface area (Å²) in [5.74, 6) is 1.28. The third-order valence-corrected chi connectivity index (χ3v) is 5.76. The molecule has 7 nitrogen and oxygen atoms in total. The van der Waals surface area contributed by atoms with Gasteiger partial charge < -0.3 is 14.6 Å². The first-order chi connectivity index (χ1) is 14.2. The first kappa shape index (κ1) is 19.4. The van der Waals surface area contributed by atoms with Crippen LogP contribution in [0.5, 0.6) is 0 Å². The van der Waals surface area contributed by atoms with E-state index >= 15 is 0 Å². The van der Waals surface area contributed by atoms with E-state index < -0.39 is 0 Å². The van der Waals surface area contributed by atoms with Gasteiger partial charge in [-0.05, 0) is 55.2 Å². The number of carbonyl (C=O) groups excluding carboxylic acids is 1. The third-order valence-electron chi connectivity index (χ3n) is 4.94. The number of hydrogen-bond donors (Lipinski definition) is 1. The second-order valence-corrected chi connectivity index (χ2v) is 8.09. The fourth-order valence-electron chi connectivity index (χ4n) is 3.22. The smallest absolute Gasteiger partial charge is 0.277 e. The number of nitrogens with one attached hydrogen (secondary N) is 1. The molecule has 29 heavy (non-hydrogen) atoms. The molecule has 0 atom stereocenters. The number of amides is 1.